The Bertz CT molecular complexity index is 1040. The van der Waals surface area contributed by atoms with E-state index in [1.807, 2.05) is 0 Å². The van der Waals surface area contributed by atoms with E-state index in [0.29, 0.717) is 11.8 Å². The highest BCUT2D eigenvalue weighted by Crippen LogP contribution is 2.30. The van der Waals surface area contributed by atoms with Crippen LogP contribution in [0.25, 0.3) is 0 Å². The molecule has 0 aliphatic heterocycles. The van der Waals surface area contributed by atoms with E-state index in [1.54, 1.807) is 30.3 Å². The number of rotatable bonds is 4. The highest BCUT2D eigenvalue weighted by atomic mass is 19.4. The number of hydrogen-bond donors (Lipinski definition) is 1. The molecule has 0 bridgehead atoms. The van der Waals surface area contributed by atoms with Crippen molar-refractivity contribution in [2.45, 2.75) is 6.18 Å². The summed E-state index contributed by atoms with van der Waals surface area (Å²) >= 11 is 0. The minimum atomic E-state index is -4.64. The number of amides is 2. The van der Waals surface area contributed by atoms with E-state index in [1.165, 1.54) is 18.3 Å². The highest BCUT2D eigenvalue weighted by molar-refractivity contribution is 6.10. The van der Waals surface area contributed by atoms with Crippen LogP contribution in [-0.2, 0) is 6.18 Å². The quantitative estimate of drug-likeness (QED) is 0.309. The van der Waals surface area contributed by atoms with Crippen molar-refractivity contribution < 1.29 is 27.5 Å². The van der Waals surface area contributed by atoms with Crippen LogP contribution in [0.3, 0.4) is 0 Å². The lowest BCUT2D eigenvalue weighted by molar-refractivity contribution is -0.137. The number of alkyl halides is 3. The maximum absolute atomic E-state index is 12.9. The molecule has 148 valence electrons. The molecule has 0 spiro atoms. The third kappa shape index (κ3) is 4.58. The molecule has 3 rings (SSSR count). The summed E-state index contributed by atoms with van der Waals surface area (Å²) in [5, 5.41) is 0.227. The van der Waals surface area contributed by atoms with Gasteiger partial charge in [-0.2, -0.15) is 13.2 Å². The van der Waals surface area contributed by atoms with Gasteiger partial charge in [0.2, 0.25) is 5.88 Å². The summed E-state index contributed by atoms with van der Waals surface area (Å²) in [6.07, 6.45) is -3.26. The summed E-state index contributed by atoms with van der Waals surface area (Å²) < 4.78 is 44.2. The number of ether oxygens (including phenoxy) is 1. The van der Waals surface area contributed by atoms with Crippen LogP contribution in [0.4, 0.5) is 13.2 Å². The van der Waals surface area contributed by atoms with E-state index < -0.39 is 23.6 Å². The number of benzene rings is 2. The van der Waals surface area contributed by atoms with E-state index in [0.717, 1.165) is 18.2 Å². The summed E-state index contributed by atoms with van der Waals surface area (Å²) in [4.78, 5) is 29.1. The Kier molecular flexibility index (Phi) is 5.60. The number of hydrazine groups is 1. The third-order valence-corrected chi connectivity index (χ3v) is 3.83. The number of pyridine rings is 1. The van der Waals surface area contributed by atoms with Gasteiger partial charge in [0, 0.05) is 11.8 Å². The Balaban J connectivity index is 1.86. The first kappa shape index (κ1) is 20.0. The molecule has 1 aromatic heterocycles. The Labute approximate surface area is 163 Å². The zero-order valence-corrected chi connectivity index (χ0v) is 14.8. The number of halogens is 3. The van der Waals surface area contributed by atoms with E-state index >= 15 is 0 Å². The zero-order valence-electron chi connectivity index (χ0n) is 14.8. The minimum Gasteiger partial charge on any atom is -0.438 e. The molecule has 2 amide bonds. The van der Waals surface area contributed by atoms with Crippen LogP contribution < -0.4 is 10.6 Å². The van der Waals surface area contributed by atoms with E-state index in [-0.39, 0.29) is 22.0 Å². The Hall–Kier alpha value is -3.72. The maximum atomic E-state index is 12.9. The second-order valence-corrected chi connectivity index (χ2v) is 5.83. The Morgan fingerprint density at radius 2 is 1.66 bits per heavy atom. The molecule has 0 aliphatic rings. The van der Waals surface area contributed by atoms with Crippen molar-refractivity contribution in [1.29, 1.82) is 0 Å². The van der Waals surface area contributed by atoms with E-state index in [9.17, 15) is 22.8 Å². The van der Waals surface area contributed by atoms with Crippen molar-refractivity contribution in [2.24, 2.45) is 5.84 Å². The number of nitrogens with two attached hydrogens (primary N) is 1. The molecule has 0 saturated heterocycles. The van der Waals surface area contributed by atoms with Gasteiger partial charge in [-0.25, -0.2) is 15.8 Å². The lowest BCUT2D eigenvalue weighted by Crippen LogP contribution is -2.42. The van der Waals surface area contributed by atoms with Crippen LogP contribution in [0, 0.1) is 0 Å². The average Bonchev–Trinajstić information content (AvgIpc) is 2.73. The van der Waals surface area contributed by atoms with Gasteiger partial charge in [-0.1, -0.05) is 24.3 Å². The molecule has 0 fully saturated rings. The SMILES string of the molecule is NN(C(=O)c1cccc(C(F)(F)F)c1)C(=O)c1cccnc1Oc1ccccc1. The van der Waals surface area contributed by atoms with Crippen molar-refractivity contribution in [3.05, 3.63) is 89.6 Å². The largest absolute Gasteiger partial charge is 0.438 e. The molecule has 0 aliphatic carbocycles. The van der Waals surface area contributed by atoms with Gasteiger partial charge in [-0.05, 0) is 42.5 Å². The standard InChI is InChI=1S/C20H14F3N3O3/c21-20(22,23)14-7-4-6-13(12-14)18(27)26(24)19(28)16-10-5-11-25-17(16)29-15-8-2-1-3-9-15/h1-12H,24H2. The van der Waals surface area contributed by atoms with Gasteiger partial charge in [-0.3, -0.25) is 9.59 Å². The smallest absolute Gasteiger partial charge is 0.416 e. The second-order valence-electron chi connectivity index (χ2n) is 5.83. The zero-order chi connectivity index (χ0) is 21.0. The number of nitrogens with zero attached hydrogens (tertiary/aromatic N) is 2. The first-order chi connectivity index (χ1) is 13.8. The monoisotopic (exact) mass is 401 g/mol. The topological polar surface area (TPSA) is 85.5 Å². The van der Waals surface area contributed by atoms with Crippen LogP contribution in [-0.4, -0.2) is 21.8 Å². The lowest BCUT2D eigenvalue weighted by Gasteiger charge is -2.17. The van der Waals surface area contributed by atoms with Gasteiger partial charge in [0.15, 0.2) is 0 Å². The first-order valence-electron chi connectivity index (χ1n) is 8.26. The number of carbonyl (C=O) groups is 2. The van der Waals surface area contributed by atoms with Crippen molar-refractivity contribution in [3.8, 4) is 11.6 Å². The van der Waals surface area contributed by atoms with Gasteiger partial charge in [-0.15, -0.1) is 0 Å². The molecule has 0 unspecified atom stereocenters. The fraction of sp³-hybridized carbons (Fsp3) is 0.0500. The number of aromatic nitrogens is 1. The van der Waals surface area contributed by atoms with Crippen molar-refractivity contribution >= 4 is 11.8 Å². The van der Waals surface area contributed by atoms with Crippen molar-refractivity contribution in [2.75, 3.05) is 0 Å². The molecule has 2 aromatic carbocycles. The molecule has 29 heavy (non-hydrogen) atoms. The highest BCUT2D eigenvalue weighted by Gasteiger charge is 2.32. The fourth-order valence-corrected chi connectivity index (χ4v) is 2.42. The molecular formula is C20H14F3N3O3. The number of hydrogen-bond acceptors (Lipinski definition) is 5. The fourth-order valence-electron chi connectivity index (χ4n) is 2.42. The van der Waals surface area contributed by atoms with Crippen LogP contribution >= 0.6 is 0 Å². The minimum absolute atomic E-state index is 0.101. The molecule has 3 aromatic rings. The molecule has 0 atom stereocenters. The maximum Gasteiger partial charge on any atom is 0.416 e. The van der Waals surface area contributed by atoms with Crippen LogP contribution in [0.1, 0.15) is 26.3 Å². The molecule has 1 heterocycles. The number of para-hydroxylation sites is 1. The predicted octanol–water partition coefficient (Wildman–Crippen LogP) is 4.05. The van der Waals surface area contributed by atoms with Gasteiger partial charge >= 0.3 is 6.18 Å². The van der Waals surface area contributed by atoms with E-state index in [4.69, 9.17) is 10.6 Å². The van der Waals surface area contributed by atoms with Gasteiger partial charge in [0.05, 0.1) is 5.56 Å². The van der Waals surface area contributed by atoms with E-state index in [2.05, 4.69) is 4.98 Å². The van der Waals surface area contributed by atoms with Crippen LogP contribution in [0.15, 0.2) is 72.9 Å². The number of carbonyl (C=O) groups excluding carboxylic acids is 2. The van der Waals surface area contributed by atoms with Gasteiger partial charge < -0.3 is 4.74 Å². The van der Waals surface area contributed by atoms with Crippen LogP contribution in [0.2, 0.25) is 0 Å². The molecule has 0 saturated carbocycles. The summed E-state index contributed by atoms with van der Waals surface area (Å²) in [6.45, 7) is 0. The second kappa shape index (κ2) is 8.11. The summed E-state index contributed by atoms with van der Waals surface area (Å²) in [5.41, 5.74) is -1.54. The molecule has 2 N–H and O–H groups in total. The van der Waals surface area contributed by atoms with Gasteiger partial charge in [0.25, 0.3) is 11.8 Å². The van der Waals surface area contributed by atoms with Crippen molar-refractivity contribution in [3.63, 3.8) is 0 Å². The number of imide groups is 1. The predicted molar refractivity (Wildman–Crippen MR) is 96.9 cm³/mol. The third-order valence-electron chi connectivity index (χ3n) is 3.83. The Morgan fingerprint density at radius 3 is 2.34 bits per heavy atom. The van der Waals surface area contributed by atoms with Crippen LogP contribution in [0.5, 0.6) is 11.6 Å². The Morgan fingerprint density at radius 1 is 0.931 bits per heavy atom. The molecule has 6 nitrogen and oxygen atoms in total. The summed E-state index contributed by atoms with van der Waals surface area (Å²) in [6, 6.07) is 14.9. The molecule has 0 radical (unpaired) electrons. The van der Waals surface area contributed by atoms with Gasteiger partial charge in [0.1, 0.15) is 11.3 Å². The van der Waals surface area contributed by atoms with Crippen molar-refractivity contribution in [1.82, 2.24) is 9.99 Å². The summed E-state index contributed by atoms with van der Waals surface area (Å²) in [7, 11) is 0. The summed E-state index contributed by atoms with van der Waals surface area (Å²) in [5.74, 6) is 3.83. The normalized spacial score (nSPS) is 11.0. The lowest BCUT2D eigenvalue weighted by atomic mass is 10.1. The average molecular weight is 401 g/mol. The molecule has 9 heteroatoms. The first-order valence-corrected chi connectivity index (χ1v) is 8.26. The molecular weight excluding hydrogens is 387 g/mol.